The average Bonchev–Trinajstić information content (AvgIpc) is 3.21. The molecular formula is C17H18FN5O2. The fourth-order valence-corrected chi connectivity index (χ4v) is 3.09. The summed E-state index contributed by atoms with van der Waals surface area (Å²) in [7, 11) is 1.70. The highest BCUT2D eigenvalue weighted by molar-refractivity contribution is 5.74. The van der Waals surface area contributed by atoms with Crippen molar-refractivity contribution in [2.24, 2.45) is 7.05 Å². The second-order valence-electron chi connectivity index (χ2n) is 6.21. The predicted octanol–water partition coefficient (Wildman–Crippen LogP) is 2.86. The van der Waals surface area contributed by atoms with Gasteiger partial charge in [-0.2, -0.15) is 10.1 Å². The van der Waals surface area contributed by atoms with Gasteiger partial charge in [-0.1, -0.05) is 0 Å². The molecule has 0 spiro atoms. The first-order valence-corrected chi connectivity index (χ1v) is 8.25. The maximum absolute atomic E-state index is 14.3. The lowest BCUT2D eigenvalue weighted by atomic mass is 10.2. The number of rotatable bonds is 4. The molecule has 2 N–H and O–H groups in total. The number of aromatic amines is 1. The molecule has 1 saturated carbocycles. The van der Waals surface area contributed by atoms with E-state index in [4.69, 9.17) is 4.74 Å². The van der Waals surface area contributed by atoms with Crippen LogP contribution in [0, 0.1) is 5.82 Å². The van der Waals surface area contributed by atoms with Crippen LogP contribution in [0.1, 0.15) is 25.7 Å². The van der Waals surface area contributed by atoms with Gasteiger partial charge in [0.25, 0.3) is 5.56 Å². The number of anilines is 2. The van der Waals surface area contributed by atoms with Gasteiger partial charge in [0.05, 0.1) is 12.3 Å². The first-order valence-electron chi connectivity index (χ1n) is 8.25. The Morgan fingerprint density at radius 2 is 2.16 bits per heavy atom. The van der Waals surface area contributed by atoms with Crippen LogP contribution >= 0.6 is 0 Å². The summed E-state index contributed by atoms with van der Waals surface area (Å²) in [6.45, 7) is 0. The minimum absolute atomic E-state index is 0.0959. The molecule has 3 aromatic rings. The summed E-state index contributed by atoms with van der Waals surface area (Å²) in [6, 6.07) is 4.62. The van der Waals surface area contributed by atoms with E-state index in [1.54, 1.807) is 19.2 Å². The Balaban J connectivity index is 1.57. The van der Waals surface area contributed by atoms with Gasteiger partial charge < -0.3 is 10.1 Å². The Kier molecular flexibility index (Phi) is 3.87. The molecule has 0 amide bonds. The average molecular weight is 343 g/mol. The van der Waals surface area contributed by atoms with Crippen LogP contribution in [0.2, 0.25) is 0 Å². The maximum atomic E-state index is 14.3. The number of H-pyrrole nitrogens is 1. The van der Waals surface area contributed by atoms with E-state index in [0.717, 1.165) is 25.7 Å². The highest BCUT2D eigenvalue weighted by Gasteiger charge is 2.18. The molecule has 7 nitrogen and oxygen atoms in total. The topological polar surface area (TPSA) is 84.8 Å². The van der Waals surface area contributed by atoms with Crippen molar-refractivity contribution in [2.75, 3.05) is 5.32 Å². The third-order valence-electron chi connectivity index (χ3n) is 4.39. The van der Waals surface area contributed by atoms with E-state index in [-0.39, 0.29) is 23.4 Å². The summed E-state index contributed by atoms with van der Waals surface area (Å²) in [5.74, 6) is 0.0341. The van der Waals surface area contributed by atoms with Crippen LogP contribution in [0.3, 0.4) is 0 Å². The van der Waals surface area contributed by atoms with Crippen molar-refractivity contribution in [3.05, 3.63) is 40.6 Å². The lowest BCUT2D eigenvalue weighted by molar-refractivity contribution is 0.201. The van der Waals surface area contributed by atoms with Crippen LogP contribution in [0.5, 0.6) is 5.75 Å². The number of hydrogen-bond donors (Lipinski definition) is 2. The fourth-order valence-electron chi connectivity index (χ4n) is 3.09. The number of aromatic nitrogens is 4. The molecule has 8 heteroatoms. The van der Waals surface area contributed by atoms with Crippen molar-refractivity contribution in [1.82, 2.24) is 19.7 Å². The first-order chi connectivity index (χ1) is 12.1. The second kappa shape index (κ2) is 6.19. The molecular weight excluding hydrogens is 325 g/mol. The third kappa shape index (κ3) is 3.07. The highest BCUT2D eigenvalue weighted by Crippen LogP contribution is 2.28. The molecule has 25 heavy (non-hydrogen) atoms. The minimum atomic E-state index is -0.444. The van der Waals surface area contributed by atoms with Gasteiger partial charge in [-0.15, -0.1) is 0 Å². The molecule has 4 rings (SSSR count). The molecule has 0 saturated heterocycles. The van der Waals surface area contributed by atoms with Crippen molar-refractivity contribution in [3.63, 3.8) is 0 Å². The summed E-state index contributed by atoms with van der Waals surface area (Å²) >= 11 is 0. The van der Waals surface area contributed by atoms with E-state index in [1.807, 2.05) is 0 Å². The summed E-state index contributed by atoms with van der Waals surface area (Å²) in [5.41, 5.74) is 0.621. The van der Waals surface area contributed by atoms with Crippen molar-refractivity contribution >= 4 is 22.7 Å². The number of nitrogens with zero attached hydrogens (tertiary/aromatic N) is 3. The van der Waals surface area contributed by atoms with Gasteiger partial charge >= 0.3 is 0 Å². The van der Waals surface area contributed by atoms with Crippen LogP contribution in [0.4, 0.5) is 16.0 Å². The number of fused-ring (bicyclic) bond motifs is 1. The van der Waals surface area contributed by atoms with E-state index < -0.39 is 5.82 Å². The Morgan fingerprint density at radius 1 is 1.36 bits per heavy atom. The predicted molar refractivity (Wildman–Crippen MR) is 91.7 cm³/mol. The lowest BCUT2D eigenvalue weighted by Gasteiger charge is -2.14. The molecule has 1 aliphatic rings. The zero-order valence-corrected chi connectivity index (χ0v) is 13.8. The Morgan fingerprint density at radius 3 is 2.92 bits per heavy atom. The van der Waals surface area contributed by atoms with Gasteiger partial charge in [0, 0.05) is 18.8 Å². The summed E-state index contributed by atoms with van der Waals surface area (Å²) in [4.78, 5) is 19.0. The Labute approximate surface area is 142 Å². The molecule has 1 aromatic carbocycles. The lowest BCUT2D eigenvalue weighted by Crippen LogP contribution is -2.12. The molecule has 2 aromatic heterocycles. The fraction of sp³-hybridized carbons (Fsp3) is 0.353. The monoisotopic (exact) mass is 343 g/mol. The van der Waals surface area contributed by atoms with Crippen LogP contribution in [-0.2, 0) is 7.05 Å². The number of nitrogens with one attached hydrogen (secondary N) is 2. The molecule has 0 atom stereocenters. The standard InChI is InChI=1S/C17H18FN5O2/c1-23-15-12(9-19-23)16(24)22-17(21-15)20-10-6-7-14(13(18)8-10)25-11-4-2-3-5-11/h6-9,11H,2-5H2,1H3,(H2,20,21,22,24). The number of halogens is 1. The number of benzene rings is 1. The third-order valence-corrected chi connectivity index (χ3v) is 4.39. The van der Waals surface area contributed by atoms with Crippen LogP contribution in [0.25, 0.3) is 11.0 Å². The first kappa shape index (κ1) is 15.6. The number of aryl methyl sites for hydroxylation is 1. The number of hydrogen-bond acceptors (Lipinski definition) is 5. The Bertz CT molecular complexity index is 975. The van der Waals surface area contributed by atoms with Gasteiger partial charge in [-0.3, -0.25) is 14.5 Å². The molecule has 0 radical (unpaired) electrons. The smallest absolute Gasteiger partial charge is 0.263 e. The largest absolute Gasteiger partial charge is 0.487 e. The zero-order valence-electron chi connectivity index (χ0n) is 13.8. The summed E-state index contributed by atoms with van der Waals surface area (Å²) in [6.07, 6.45) is 5.74. The van der Waals surface area contributed by atoms with E-state index in [9.17, 15) is 9.18 Å². The van der Waals surface area contributed by atoms with E-state index in [1.165, 1.54) is 16.9 Å². The Hall–Kier alpha value is -2.90. The highest BCUT2D eigenvalue weighted by atomic mass is 19.1. The minimum Gasteiger partial charge on any atom is -0.487 e. The molecule has 1 aliphatic carbocycles. The van der Waals surface area contributed by atoms with Crippen molar-refractivity contribution in [2.45, 2.75) is 31.8 Å². The van der Waals surface area contributed by atoms with E-state index in [2.05, 4.69) is 20.4 Å². The maximum Gasteiger partial charge on any atom is 0.263 e. The molecule has 0 unspecified atom stereocenters. The van der Waals surface area contributed by atoms with Crippen molar-refractivity contribution < 1.29 is 9.13 Å². The SMILES string of the molecule is Cn1ncc2c(=O)[nH]c(Nc3ccc(OC4CCCC4)c(F)c3)nc21. The van der Waals surface area contributed by atoms with E-state index in [0.29, 0.717) is 16.7 Å². The van der Waals surface area contributed by atoms with Crippen molar-refractivity contribution in [1.29, 1.82) is 0 Å². The summed E-state index contributed by atoms with van der Waals surface area (Å²) < 4.78 is 21.5. The van der Waals surface area contributed by atoms with Gasteiger partial charge in [-0.25, -0.2) is 4.39 Å². The van der Waals surface area contributed by atoms with Gasteiger partial charge in [0.1, 0.15) is 5.39 Å². The van der Waals surface area contributed by atoms with Gasteiger partial charge in [0.2, 0.25) is 5.95 Å². The van der Waals surface area contributed by atoms with E-state index >= 15 is 0 Å². The van der Waals surface area contributed by atoms with Crippen LogP contribution in [0.15, 0.2) is 29.2 Å². The van der Waals surface area contributed by atoms with Gasteiger partial charge in [0.15, 0.2) is 17.2 Å². The molecule has 2 heterocycles. The number of ether oxygens (including phenoxy) is 1. The normalized spacial score (nSPS) is 15.0. The molecule has 1 fully saturated rings. The van der Waals surface area contributed by atoms with Gasteiger partial charge in [-0.05, 0) is 37.8 Å². The quantitative estimate of drug-likeness (QED) is 0.761. The molecule has 0 aliphatic heterocycles. The second-order valence-corrected chi connectivity index (χ2v) is 6.21. The van der Waals surface area contributed by atoms with Crippen molar-refractivity contribution in [3.8, 4) is 5.75 Å². The van der Waals surface area contributed by atoms with Crippen LogP contribution in [-0.4, -0.2) is 25.9 Å². The summed E-state index contributed by atoms with van der Waals surface area (Å²) in [5, 5.41) is 7.32. The van der Waals surface area contributed by atoms with Crippen LogP contribution < -0.4 is 15.6 Å². The molecule has 0 bridgehead atoms. The molecule has 130 valence electrons. The zero-order chi connectivity index (χ0) is 17.4.